The Morgan fingerprint density at radius 2 is 2.35 bits per heavy atom. The van der Waals surface area contributed by atoms with Crippen molar-refractivity contribution >= 4 is 34.3 Å². The Morgan fingerprint density at radius 3 is 3.00 bits per heavy atom. The van der Waals surface area contributed by atoms with E-state index in [9.17, 15) is 4.79 Å². The van der Waals surface area contributed by atoms with E-state index in [1.165, 1.54) is 11.8 Å². The van der Waals surface area contributed by atoms with Crippen LogP contribution in [-0.2, 0) is 4.79 Å². The summed E-state index contributed by atoms with van der Waals surface area (Å²) in [5.41, 5.74) is 0.897. The molecule has 0 radical (unpaired) electrons. The van der Waals surface area contributed by atoms with Gasteiger partial charge in [0.1, 0.15) is 16.1 Å². The van der Waals surface area contributed by atoms with Crippen molar-refractivity contribution in [1.29, 1.82) is 0 Å². The zero-order valence-corrected chi connectivity index (χ0v) is 10.7. The molecule has 0 spiro atoms. The molecule has 2 N–H and O–H groups in total. The molecule has 1 fully saturated rings. The minimum absolute atomic E-state index is 0.213. The summed E-state index contributed by atoms with van der Waals surface area (Å²) in [6.45, 7) is 0. The van der Waals surface area contributed by atoms with E-state index in [0.29, 0.717) is 10.1 Å². The Balaban J connectivity index is 2.31. The number of nitrogens with one attached hydrogen (secondary N) is 1. The fraction of sp³-hybridized carbons (Fsp3) is 0.273. The highest BCUT2D eigenvalue weighted by atomic mass is 32.2. The predicted molar refractivity (Wildman–Crippen MR) is 70.5 cm³/mol. The molecular formula is C11H11NO3S2. The number of methoxy groups -OCH3 is 1. The van der Waals surface area contributed by atoms with Crippen molar-refractivity contribution in [1.82, 2.24) is 5.32 Å². The molecule has 1 heterocycles. The van der Waals surface area contributed by atoms with Gasteiger partial charge >= 0.3 is 5.97 Å². The molecule has 1 aromatic carbocycles. The van der Waals surface area contributed by atoms with Crippen LogP contribution in [0.25, 0.3) is 0 Å². The Bertz CT molecular complexity index is 464. The van der Waals surface area contributed by atoms with Crippen molar-refractivity contribution in [3.63, 3.8) is 0 Å². The second-order valence-corrected chi connectivity index (χ2v) is 5.38. The van der Waals surface area contributed by atoms with Gasteiger partial charge in [0.25, 0.3) is 0 Å². The molecule has 1 aliphatic heterocycles. The van der Waals surface area contributed by atoms with Gasteiger partial charge in [0.2, 0.25) is 0 Å². The van der Waals surface area contributed by atoms with Crippen molar-refractivity contribution < 1.29 is 14.6 Å². The quantitative estimate of drug-likeness (QED) is 0.816. The number of carbonyl (C=O) groups is 1. The molecular weight excluding hydrogens is 258 g/mol. The van der Waals surface area contributed by atoms with Gasteiger partial charge in [-0.2, -0.15) is 0 Å². The van der Waals surface area contributed by atoms with Gasteiger partial charge in [-0.05, 0) is 17.7 Å². The SMILES string of the molecule is COc1cccc(C2SC(=S)NC2C(=O)O)c1. The van der Waals surface area contributed by atoms with Crippen LogP contribution < -0.4 is 10.1 Å². The Kier molecular flexibility index (Phi) is 3.54. The number of rotatable bonds is 3. The van der Waals surface area contributed by atoms with Gasteiger partial charge in [0, 0.05) is 0 Å². The van der Waals surface area contributed by atoms with Crippen LogP contribution in [-0.4, -0.2) is 28.5 Å². The molecule has 0 bridgehead atoms. The summed E-state index contributed by atoms with van der Waals surface area (Å²) in [6.07, 6.45) is 0. The van der Waals surface area contributed by atoms with Crippen LogP contribution in [0, 0.1) is 0 Å². The second-order valence-electron chi connectivity index (χ2n) is 3.56. The van der Waals surface area contributed by atoms with Gasteiger partial charge in [-0.3, -0.25) is 0 Å². The third-order valence-corrected chi connectivity index (χ3v) is 4.04. The lowest BCUT2D eigenvalue weighted by atomic mass is 10.1. The molecule has 2 unspecified atom stereocenters. The lowest BCUT2D eigenvalue weighted by Crippen LogP contribution is -2.35. The van der Waals surface area contributed by atoms with Gasteiger partial charge in [-0.1, -0.05) is 36.1 Å². The molecule has 0 saturated carbocycles. The fourth-order valence-corrected chi connectivity index (χ4v) is 3.16. The summed E-state index contributed by atoms with van der Waals surface area (Å²) in [6, 6.07) is 6.70. The van der Waals surface area contributed by atoms with Gasteiger partial charge < -0.3 is 15.2 Å². The van der Waals surface area contributed by atoms with Crippen LogP contribution in [0.1, 0.15) is 10.8 Å². The summed E-state index contributed by atoms with van der Waals surface area (Å²) in [7, 11) is 1.58. The largest absolute Gasteiger partial charge is 0.497 e. The first kappa shape index (κ1) is 12.2. The Labute approximate surface area is 108 Å². The number of hydrogen-bond donors (Lipinski definition) is 2. The molecule has 2 rings (SSSR count). The molecule has 1 aromatic rings. The minimum atomic E-state index is -0.898. The van der Waals surface area contributed by atoms with Crippen molar-refractivity contribution in [3.05, 3.63) is 29.8 Å². The average Bonchev–Trinajstić information content (AvgIpc) is 2.72. The summed E-state index contributed by atoms with van der Waals surface area (Å²) in [5.74, 6) is -0.185. The van der Waals surface area contributed by atoms with E-state index >= 15 is 0 Å². The normalized spacial score (nSPS) is 23.2. The standard InChI is InChI=1S/C11H11NO3S2/c1-15-7-4-2-3-6(5-7)9-8(10(13)14)12-11(16)17-9/h2-5,8-9H,1H3,(H,12,16)(H,13,14). The topological polar surface area (TPSA) is 58.6 Å². The maximum Gasteiger partial charge on any atom is 0.327 e. The van der Waals surface area contributed by atoms with Crippen LogP contribution in [0.15, 0.2) is 24.3 Å². The number of carboxylic acid groups (broad SMARTS) is 1. The number of carboxylic acids is 1. The zero-order chi connectivity index (χ0) is 12.4. The monoisotopic (exact) mass is 269 g/mol. The van der Waals surface area contributed by atoms with Crippen molar-refractivity contribution in [2.45, 2.75) is 11.3 Å². The van der Waals surface area contributed by atoms with Gasteiger partial charge in [0.05, 0.1) is 12.4 Å². The fourth-order valence-electron chi connectivity index (χ4n) is 1.69. The minimum Gasteiger partial charge on any atom is -0.497 e. The highest BCUT2D eigenvalue weighted by molar-refractivity contribution is 8.23. The zero-order valence-electron chi connectivity index (χ0n) is 9.04. The number of benzene rings is 1. The number of thioether (sulfide) groups is 1. The van der Waals surface area contributed by atoms with Gasteiger partial charge in [-0.15, -0.1) is 0 Å². The third-order valence-electron chi connectivity index (χ3n) is 2.50. The molecule has 1 aliphatic rings. The average molecular weight is 269 g/mol. The Hall–Kier alpha value is -1.27. The predicted octanol–water partition coefficient (Wildman–Crippen LogP) is 1.81. The lowest BCUT2D eigenvalue weighted by molar-refractivity contribution is -0.138. The maximum absolute atomic E-state index is 11.1. The summed E-state index contributed by atoms with van der Waals surface area (Å²) < 4.78 is 5.65. The third kappa shape index (κ3) is 2.53. The number of ether oxygens (including phenoxy) is 1. The molecule has 0 aromatic heterocycles. The second kappa shape index (κ2) is 4.93. The first-order valence-corrected chi connectivity index (χ1v) is 6.24. The Morgan fingerprint density at radius 1 is 1.59 bits per heavy atom. The summed E-state index contributed by atoms with van der Waals surface area (Å²) in [5, 5.41) is 11.7. The molecule has 0 aliphatic carbocycles. The molecule has 1 saturated heterocycles. The first-order chi connectivity index (χ1) is 8.11. The van der Waals surface area contributed by atoms with Crippen molar-refractivity contribution in [2.24, 2.45) is 0 Å². The summed E-state index contributed by atoms with van der Waals surface area (Å²) in [4.78, 5) is 11.1. The maximum atomic E-state index is 11.1. The van der Waals surface area contributed by atoms with E-state index < -0.39 is 12.0 Å². The lowest BCUT2D eigenvalue weighted by Gasteiger charge is -2.14. The molecule has 2 atom stereocenters. The van der Waals surface area contributed by atoms with Crippen LogP contribution in [0.4, 0.5) is 0 Å². The van der Waals surface area contributed by atoms with E-state index in [1.807, 2.05) is 24.3 Å². The van der Waals surface area contributed by atoms with Crippen molar-refractivity contribution in [3.8, 4) is 5.75 Å². The van der Waals surface area contributed by atoms with Gasteiger partial charge in [0.15, 0.2) is 0 Å². The van der Waals surface area contributed by atoms with Crippen LogP contribution in [0.3, 0.4) is 0 Å². The van der Waals surface area contributed by atoms with Crippen LogP contribution in [0.2, 0.25) is 0 Å². The van der Waals surface area contributed by atoms with E-state index in [0.717, 1.165) is 5.56 Å². The number of thiocarbonyl (C=S) groups is 1. The number of aliphatic carboxylic acids is 1. The molecule has 17 heavy (non-hydrogen) atoms. The number of hydrogen-bond acceptors (Lipinski definition) is 4. The highest BCUT2D eigenvalue weighted by Gasteiger charge is 2.37. The van der Waals surface area contributed by atoms with Crippen LogP contribution >= 0.6 is 24.0 Å². The van der Waals surface area contributed by atoms with Gasteiger partial charge in [-0.25, -0.2) is 4.79 Å². The molecule has 90 valence electrons. The van der Waals surface area contributed by atoms with E-state index in [4.69, 9.17) is 22.1 Å². The molecule has 4 nitrogen and oxygen atoms in total. The molecule has 6 heteroatoms. The molecule has 0 amide bonds. The van der Waals surface area contributed by atoms with E-state index in [2.05, 4.69) is 5.32 Å². The van der Waals surface area contributed by atoms with Crippen molar-refractivity contribution in [2.75, 3.05) is 7.11 Å². The summed E-state index contributed by atoms with van der Waals surface area (Å²) >= 11 is 6.37. The highest BCUT2D eigenvalue weighted by Crippen LogP contribution is 2.39. The van der Waals surface area contributed by atoms with Crippen LogP contribution in [0.5, 0.6) is 5.75 Å². The van der Waals surface area contributed by atoms with E-state index in [1.54, 1.807) is 7.11 Å². The first-order valence-electron chi connectivity index (χ1n) is 4.95. The van der Waals surface area contributed by atoms with E-state index in [-0.39, 0.29) is 5.25 Å². The smallest absolute Gasteiger partial charge is 0.327 e.